The van der Waals surface area contributed by atoms with Gasteiger partial charge in [0.15, 0.2) is 0 Å². The van der Waals surface area contributed by atoms with E-state index >= 15 is 0 Å². The summed E-state index contributed by atoms with van der Waals surface area (Å²) >= 11 is -1.31. The molecule has 1 aromatic rings. The molecule has 2 rings (SSSR count). The van der Waals surface area contributed by atoms with Crippen LogP contribution in [0.25, 0.3) is 0 Å². The van der Waals surface area contributed by atoms with E-state index in [1.54, 1.807) is 0 Å². The number of amides is 1. The lowest BCUT2D eigenvalue weighted by atomic mass is 9.94. The molecule has 1 heterocycles. The smallest absolute Gasteiger partial charge is 0.407 e. The van der Waals surface area contributed by atoms with Crippen LogP contribution >= 0.6 is 0 Å². The van der Waals surface area contributed by atoms with Crippen LogP contribution < -0.4 is 0 Å². The molecule has 22 heavy (non-hydrogen) atoms. The van der Waals surface area contributed by atoms with Gasteiger partial charge in [-0.15, -0.1) is 0 Å². The summed E-state index contributed by atoms with van der Waals surface area (Å²) in [6, 6.07) is 9.28. The summed E-state index contributed by atoms with van der Waals surface area (Å²) in [4.78, 5) is 12.9. The number of nitrogens with zero attached hydrogens (tertiary/aromatic N) is 2. The Hall–Kier alpha value is -1.53. The first-order chi connectivity index (χ1) is 10.3. The molecular formula is C16H22N2O3S. The van der Waals surface area contributed by atoms with E-state index in [1.807, 2.05) is 51.1 Å². The van der Waals surface area contributed by atoms with Crippen molar-refractivity contribution < 1.29 is 14.5 Å². The van der Waals surface area contributed by atoms with Gasteiger partial charge >= 0.3 is 6.09 Å². The Balaban J connectivity index is 2.24. The van der Waals surface area contributed by atoms with Crippen LogP contribution in [0.1, 0.15) is 45.2 Å². The van der Waals surface area contributed by atoms with Crippen molar-refractivity contribution in [1.29, 1.82) is 0 Å². The summed E-state index contributed by atoms with van der Waals surface area (Å²) in [5, 5.41) is 9.39. The molecule has 2 atom stereocenters. The Labute approximate surface area is 134 Å². The van der Waals surface area contributed by atoms with Crippen LogP contribution in [0.3, 0.4) is 0 Å². The molecular weight excluding hydrogens is 300 g/mol. The van der Waals surface area contributed by atoms with Crippen molar-refractivity contribution in [1.82, 2.24) is 4.90 Å². The number of carbonyl (C=O) groups is 1. The van der Waals surface area contributed by atoms with Gasteiger partial charge in [0, 0.05) is 19.4 Å². The standard InChI is InChI=1S/C16H22N2O3S/c1-16(2,3)22(21)17-13-9-10-18(15(19)20)14(11-13)12-7-5-4-6-8-12/h4-8,14H,9-11H2,1-3H3,(H,19,20). The van der Waals surface area contributed by atoms with E-state index in [4.69, 9.17) is 0 Å². The SMILES string of the molecule is CC(C)(C)[S+]([O-])N=C1CCN(C(=O)O)C(c2ccccc2)C1. The van der Waals surface area contributed by atoms with Gasteiger partial charge in [-0.25, -0.2) is 4.79 Å². The van der Waals surface area contributed by atoms with Gasteiger partial charge in [-0.2, -0.15) is 0 Å². The van der Waals surface area contributed by atoms with Crippen molar-refractivity contribution in [2.45, 2.75) is 44.4 Å². The second-order valence-corrected chi connectivity index (χ2v) is 8.28. The molecule has 0 saturated carbocycles. The third-order valence-electron chi connectivity index (χ3n) is 3.61. The molecule has 2 unspecified atom stereocenters. The average molecular weight is 322 g/mol. The highest BCUT2D eigenvalue weighted by atomic mass is 32.2. The fraction of sp³-hybridized carbons (Fsp3) is 0.500. The Morgan fingerprint density at radius 1 is 1.36 bits per heavy atom. The van der Waals surface area contributed by atoms with E-state index in [2.05, 4.69) is 4.40 Å². The molecule has 1 aromatic carbocycles. The first-order valence-electron chi connectivity index (χ1n) is 7.32. The number of likely N-dealkylation sites (tertiary alicyclic amines) is 1. The Morgan fingerprint density at radius 2 is 2.00 bits per heavy atom. The molecule has 1 fully saturated rings. The molecule has 1 amide bonds. The monoisotopic (exact) mass is 322 g/mol. The quantitative estimate of drug-likeness (QED) is 0.848. The number of rotatable bonds is 2. The third kappa shape index (κ3) is 4.01. The minimum Gasteiger partial charge on any atom is -0.591 e. The van der Waals surface area contributed by atoms with Crippen molar-refractivity contribution in [3.05, 3.63) is 35.9 Å². The zero-order valence-corrected chi connectivity index (χ0v) is 14.0. The molecule has 6 heteroatoms. The molecule has 120 valence electrons. The minimum absolute atomic E-state index is 0.261. The van der Waals surface area contributed by atoms with Crippen LogP contribution in [0, 0.1) is 0 Å². The summed E-state index contributed by atoms with van der Waals surface area (Å²) in [5.74, 6) is 0. The largest absolute Gasteiger partial charge is 0.591 e. The van der Waals surface area contributed by atoms with Gasteiger partial charge in [-0.05, 0) is 26.3 Å². The molecule has 1 aliphatic rings. The van der Waals surface area contributed by atoms with Crippen LogP contribution in [0.4, 0.5) is 4.79 Å². The summed E-state index contributed by atoms with van der Waals surface area (Å²) in [6.07, 6.45) is 0.111. The zero-order valence-electron chi connectivity index (χ0n) is 13.2. The summed E-state index contributed by atoms with van der Waals surface area (Å²) < 4.78 is 16.1. The highest BCUT2D eigenvalue weighted by molar-refractivity contribution is 7.91. The van der Waals surface area contributed by atoms with Gasteiger partial charge in [-0.1, -0.05) is 34.7 Å². The average Bonchev–Trinajstić information content (AvgIpc) is 2.47. The topological polar surface area (TPSA) is 76.0 Å². The molecule has 0 aromatic heterocycles. The first kappa shape index (κ1) is 16.8. The molecule has 1 aliphatic heterocycles. The number of hydrogen-bond donors (Lipinski definition) is 1. The zero-order chi connectivity index (χ0) is 16.3. The van der Waals surface area contributed by atoms with E-state index in [-0.39, 0.29) is 6.04 Å². The number of carboxylic acid groups (broad SMARTS) is 1. The van der Waals surface area contributed by atoms with Gasteiger partial charge in [0.05, 0.1) is 11.8 Å². The molecule has 1 saturated heterocycles. The number of hydrogen-bond acceptors (Lipinski definition) is 3. The number of benzene rings is 1. The molecule has 0 aliphatic carbocycles. The summed E-state index contributed by atoms with van der Waals surface area (Å²) in [6.45, 7) is 6.03. The van der Waals surface area contributed by atoms with Gasteiger partial charge in [0.1, 0.15) is 16.1 Å². The predicted octanol–water partition coefficient (Wildman–Crippen LogP) is 3.40. The van der Waals surface area contributed by atoms with Crippen molar-refractivity contribution in [2.75, 3.05) is 6.54 Å². The molecule has 0 spiro atoms. The van der Waals surface area contributed by atoms with Crippen molar-refractivity contribution in [3.63, 3.8) is 0 Å². The lowest BCUT2D eigenvalue weighted by Crippen LogP contribution is -2.41. The Bertz CT molecular complexity index is 554. The maximum Gasteiger partial charge on any atom is 0.407 e. The molecule has 0 bridgehead atoms. The minimum atomic E-state index is -1.31. The van der Waals surface area contributed by atoms with Gasteiger partial charge < -0.3 is 14.6 Å². The first-order valence-corrected chi connectivity index (χ1v) is 8.42. The Morgan fingerprint density at radius 3 is 2.55 bits per heavy atom. The normalized spacial score (nSPS) is 22.6. The maximum atomic E-state index is 12.2. The molecule has 1 N–H and O–H groups in total. The van der Waals surface area contributed by atoms with E-state index in [9.17, 15) is 14.5 Å². The fourth-order valence-corrected chi connectivity index (χ4v) is 3.05. The van der Waals surface area contributed by atoms with Gasteiger partial charge in [-0.3, -0.25) is 0 Å². The third-order valence-corrected chi connectivity index (χ3v) is 5.08. The fourth-order valence-electron chi connectivity index (χ4n) is 2.38. The van der Waals surface area contributed by atoms with Gasteiger partial charge in [0.25, 0.3) is 0 Å². The van der Waals surface area contributed by atoms with Crippen LogP contribution in [-0.4, -0.2) is 37.7 Å². The van der Waals surface area contributed by atoms with Crippen molar-refractivity contribution >= 4 is 23.2 Å². The predicted molar refractivity (Wildman–Crippen MR) is 88.5 cm³/mol. The van der Waals surface area contributed by atoms with Crippen LogP contribution in [0.5, 0.6) is 0 Å². The van der Waals surface area contributed by atoms with E-state index in [1.165, 1.54) is 4.90 Å². The van der Waals surface area contributed by atoms with E-state index in [0.29, 0.717) is 19.4 Å². The maximum absolute atomic E-state index is 12.2. The van der Waals surface area contributed by atoms with E-state index < -0.39 is 22.2 Å². The van der Waals surface area contributed by atoms with Crippen LogP contribution in [0.2, 0.25) is 0 Å². The summed E-state index contributed by atoms with van der Waals surface area (Å²) in [7, 11) is 0. The lowest BCUT2D eigenvalue weighted by molar-refractivity contribution is 0.122. The van der Waals surface area contributed by atoms with Crippen molar-refractivity contribution in [3.8, 4) is 0 Å². The Kier molecular flexibility index (Phi) is 5.13. The van der Waals surface area contributed by atoms with E-state index in [0.717, 1.165) is 11.3 Å². The number of piperidine rings is 1. The lowest BCUT2D eigenvalue weighted by Gasteiger charge is -2.34. The second kappa shape index (κ2) is 6.71. The highest BCUT2D eigenvalue weighted by Gasteiger charge is 2.33. The summed E-state index contributed by atoms with van der Waals surface area (Å²) in [5.41, 5.74) is 1.78. The van der Waals surface area contributed by atoms with Crippen LogP contribution in [0.15, 0.2) is 34.7 Å². The van der Waals surface area contributed by atoms with Crippen molar-refractivity contribution in [2.24, 2.45) is 4.40 Å². The second-order valence-electron chi connectivity index (χ2n) is 6.38. The highest BCUT2D eigenvalue weighted by Crippen LogP contribution is 2.31. The molecule has 5 nitrogen and oxygen atoms in total. The van der Waals surface area contributed by atoms with Gasteiger partial charge in [0.2, 0.25) is 0 Å². The van der Waals surface area contributed by atoms with Crippen LogP contribution in [-0.2, 0) is 11.4 Å². The molecule has 0 radical (unpaired) electrons.